The van der Waals surface area contributed by atoms with Crippen LogP contribution in [0, 0.1) is 0 Å². The lowest BCUT2D eigenvalue weighted by Gasteiger charge is -2.06. The van der Waals surface area contributed by atoms with E-state index in [1.54, 1.807) is 18.2 Å². The first-order valence-corrected chi connectivity index (χ1v) is 6.58. The summed E-state index contributed by atoms with van der Waals surface area (Å²) in [5, 5.41) is 5.54. The van der Waals surface area contributed by atoms with Crippen molar-refractivity contribution >= 4 is 35.0 Å². The number of aliphatic imine (C=N–C) groups is 1. The highest BCUT2D eigenvalue weighted by Gasteiger charge is 2.33. The first kappa shape index (κ1) is 15.9. The summed E-state index contributed by atoms with van der Waals surface area (Å²) in [5.41, 5.74) is 0. The molecule has 106 valence electrons. The zero-order valence-electron chi connectivity index (χ0n) is 11.3. The van der Waals surface area contributed by atoms with E-state index in [-0.39, 0.29) is 4.91 Å². The molecule has 0 radical (unpaired) electrons. The second kappa shape index (κ2) is 8.11. The van der Waals surface area contributed by atoms with Gasteiger partial charge in [-0.25, -0.2) is 4.79 Å². The molecule has 1 saturated heterocycles. The van der Waals surface area contributed by atoms with Crippen LogP contribution in [-0.2, 0) is 14.3 Å². The predicted molar refractivity (Wildman–Crippen MR) is 80.3 cm³/mol. The Labute approximate surface area is 121 Å². The predicted octanol–water partition coefficient (Wildman–Crippen LogP) is 1.72. The van der Waals surface area contributed by atoms with Crippen LogP contribution >= 0.6 is 11.8 Å². The number of hydrogen-bond acceptors (Lipinski definition) is 6. The molecule has 1 rings (SSSR count). The van der Waals surface area contributed by atoms with E-state index in [9.17, 15) is 9.59 Å². The van der Waals surface area contributed by atoms with Crippen molar-refractivity contribution in [2.45, 2.75) is 6.92 Å². The Balaban J connectivity index is 3.04. The lowest BCUT2D eigenvalue weighted by Crippen LogP contribution is -2.23. The molecule has 0 unspecified atom stereocenters. The smallest absolute Gasteiger partial charge is 0.331 e. The maximum absolute atomic E-state index is 12.1. The van der Waals surface area contributed by atoms with Gasteiger partial charge in [0.2, 0.25) is 0 Å². The summed E-state index contributed by atoms with van der Waals surface area (Å²) in [7, 11) is 1.25. The van der Waals surface area contributed by atoms with Gasteiger partial charge < -0.3 is 4.74 Å². The molecule has 0 N–H and O–H groups in total. The van der Waals surface area contributed by atoms with Gasteiger partial charge in [0.1, 0.15) is 0 Å². The summed E-state index contributed by atoms with van der Waals surface area (Å²) in [4.78, 5) is 27.7. The number of carbonyl (C=O) groups is 2. The standard InChI is InChI=1S/C13H15N3O3S/c1-4-6-8-15-16-12(18)10(9-11(17)19-3)20-13(16)14-7-5-2/h4-6,8-9H,2,7H2,1,3H3/b6-4+,10-9-,14-13?,15-8+. The van der Waals surface area contributed by atoms with Crippen LogP contribution in [0.15, 0.2) is 45.9 Å². The normalized spacial score (nSPS) is 19.7. The summed E-state index contributed by atoms with van der Waals surface area (Å²) < 4.78 is 4.51. The van der Waals surface area contributed by atoms with E-state index >= 15 is 0 Å². The lowest BCUT2D eigenvalue weighted by atomic mass is 10.4. The average Bonchev–Trinajstić information content (AvgIpc) is 2.73. The van der Waals surface area contributed by atoms with Crippen molar-refractivity contribution in [3.8, 4) is 0 Å². The third-order valence-electron chi connectivity index (χ3n) is 2.05. The Bertz CT molecular complexity index is 521. The van der Waals surface area contributed by atoms with Gasteiger partial charge in [0.15, 0.2) is 5.17 Å². The van der Waals surface area contributed by atoms with E-state index in [0.29, 0.717) is 11.7 Å². The first-order chi connectivity index (χ1) is 9.63. The number of amides is 1. The lowest BCUT2D eigenvalue weighted by molar-refractivity contribution is -0.135. The van der Waals surface area contributed by atoms with Gasteiger partial charge >= 0.3 is 5.97 Å². The number of carbonyl (C=O) groups excluding carboxylic acids is 2. The minimum absolute atomic E-state index is 0.220. The summed E-state index contributed by atoms with van der Waals surface area (Å²) in [6.45, 7) is 5.76. The second-order valence-electron chi connectivity index (χ2n) is 3.45. The SMILES string of the molecule is C=CCN=C1S/C(=C\C(=O)OC)C(=O)N1/N=C/C=C/C. The molecule has 7 heteroatoms. The topological polar surface area (TPSA) is 71.3 Å². The Hall–Kier alpha value is -2.15. The average molecular weight is 293 g/mol. The van der Waals surface area contributed by atoms with Gasteiger partial charge in [-0.2, -0.15) is 10.1 Å². The summed E-state index contributed by atoms with van der Waals surface area (Å²) in [6, 6.07) is 0. The molecule has 0 bridgehead atoms. The van der Waals surface area contributed by atoms with Crippen molar-refractivity contribution in [1.82, 2.24) is 5.01 Å². The third kappa shape index (κ3) is 4.20. The van der Waals surface area contributed by atoms with Gasteiger partial charge in [-0.05, 0) is 24.8 Å². The van der Waals surface area contributed by atoms with Crippen LogP contribution in [0.3, 0.4) is 0 Å². The quantitative estimate of drug-likeness (QED) is 0.335. The summed E-state index contributed by atoms with van der Waals surface area (Å²) >= 11 is 1.07. The van der Waals surface area contributed by atoms with Crippen molar-refractivity contribution < 1.29 is 14.3 Å². The molecule has 0 spiro atoms. The van der Waals surface area contributed by atoms with E-state index in [0.717, 1.165) is 22.8 Å². The third-order valence-corrected chi connectivity index (χ3v) is 3.05. The molecule has 0 aromatic heterocycles. The molecule has 0 aromatic carbocycles. The molecule has 0 saturated carbocycles. The van der Waals surface area contributed by atoms with Crippen LogP contribution in [0.4, 0.5) is 0 Å². The molecular formula is C13H15N3O3S. The van der Waals surface area contributed by atoms with Crippen molar-refractivity contribution in [1.29, 1.82) is 0 Å². The fourth-order valence-electron chi connectivity index (χ4n) is 1.17. The highest BCUT2D eigenvalue weighted by atomic mass is 32.2. The molecule has 1 fully saturated rings. The van der Waals surface area contributed by atoms with E-state index < -0.39 is 11.9 Å². The number of hydrazone groups is 1. The molecular weight excluding hydrogens is 278 g/mol. The molecule has 1 aliphatic heterocycles. The number of ether oxygens (including phenoxy) is 1. The molecule has 0 aliphatic carbocycles. The molecule has 1 aliphatic rings. The van der Waals surface area contributed by atoms with Crippen LogP contribution in [0.2, 0.25) is 0 Å². The van der Waals surface area contributed by atoms with Gasteiger partial charge in [-0.15, -0.1) is 6.58 Å². The van der Waals surface area contributed by atoms with Crippen LogP contribution in [0.1, 0.15) is 6.92 Å². The van der Waals surface area contributed by atoms with E-state index in [4.69, 9.17) is 0 Å². The molecule has 0 aromatic rings. The zero-order valence-corrected chi connectivity index (χ0v) is 12.1. The molecule has 20 heavy (non-hydrogen) atoms. The Kier molecular flexibility index (Phi) is 6.45. The highest BCUT2D eigenvalue weighted by Crippen LogP contribution is 2.31. The highest BCUT2D eigenvalue weighted by molar-refractivity contribution is 8.18. The number of nitrogens with zero attached hydrogens (tertiary/aromatic N) is 3. The summed E-state index contributed by atoms with van der Waals surface area (Å²) in [6.07, 6.45) is 7.67. The van der Waals surface area contributed by atoms with Gasteiger partial charge in [0, 0.05) is 12.3 Å². The minimum Gasteiger partial charge on any atom is -0.466 e. The number of amidine groups is 1. The Morgan fingerprint density at radius 2 is 2.30 bits per heavy atom. The van der Waals surface area contributed by atoms with Crippen LogP contribution < -0.4 is 0 Å². The number of esters is 1. The minimum atomic E-state index is -0.594. The fraction of sp³-hybridized carbons (Fsp3) is 0.231. The van der Waals surface area contributed by atoms with Crippen LogP contribution in [-0.4, -0.2) is 41.9 Å². The second-order valence-corrected chi connectivity index (χ2v) is 4.46. The van der Waals surface area contributed by atoms with Gasteiger partial charge in [0.25, 0.3) is 5.91 Å². The van der Waals surface area contributed by atoms with Crippen molar-refractivity contribution in [3.63, 3.8) is 0 Å². The maximum Gasteiger partial charge on any atom is 0.331 e. The Morgan fingerprint density at radius 3 is 2.90 bits per heavy atom. The Morgan fingerprint density at radius 1 is 1.55 bits per heavy atom. The van der Waals surface area contributed by atoms with Gasteiger partial charge in [-0.1, -0.05) is 12.2 Å². The zero-order chi connectivity index (χ0) is 15.0. The largest absolute Gasteiger partial charge is 0.466 e. The van der Waals surface area contributed by atoms with E-state index in [2.05, 4.69) is 21.4 Å². The number of thioether (sulfide) groups is 1. The number of rotatable bonds is 5. The van der Waals surface area contributed by atoms with E-state index in [1.165, 1.54) is 13.3 Å². The maximum atomic E-state index is 12.1. The first-order valence-electron chi connectivity index (χ1n) is 5.76. The van der Waals surface area contributed by atoms with Crippen molar-refractivity contribution in [2.75, 3.05) is 13.7 Å². The monoisotopic (exact) mass is 293 g/mol. The molecule has 1 heterocycles. The summed E-state index contributed by atoms with van der Waals surface area (Å²) in [5.74, 6) is -1.01. The van der Waals surface area contributed by atoms with E-state index in [1.807, 2.05) is 6.92 Å². The fourth-order valence-corrected chi connectivity index (χ4v) is 2.05. The van der Waals surface area contributed by atoms with Crippen LogP contribution in [0.5, 0.6) is 0 Å². The number of hydrogen-bond donors (Lipinski definition) is 0. The molecule has 1 amide bonds. The van der Waals surface area contributed by atoms with Gasteiger partial charge in [-0.3, -0.25) is 9.79 Å². The number of allylic oxidation sites excluding steroid dienone is 2. The van der Waals surface area contributed by atoms with Crippen molar-refractivity contribution in [2.24, 2.45) is 10.1 Å². The number of methoxy groups -OCH3 is 1. The van der Waals surface area contributed by atoms with Crippen molar-refractivity contribution in [3.05, 3.63) is 35.8 Å². The molecule has 0 atom stereocenters. The van der Waals surface area contributed by atoms with Gasteiger partial charge in [0.05, 0.1) is 18.6 Å². The van der Waals surface area contributed by atoms with Crippen LogP contribution in [0.25, 0.3) is 0 Å². The molecule has 6 nitrogen and oxygen atoms in total.